The second-order valence-corrected chi connectivity index (χ2v) is 4.49. The number of carbonyl (C=O) groups is 1. The van der Waals surface area contributed by atoms with Gasteiger partial charge in [0.2, 0.25) is 0 Å². The molecule has 1 aromatic heterocycles. The average Bonchev–Trinajstić information content (AvgIpc) is 2.46. The lowest BCUT2D eigenvalue weighted by Gasteiger charge is -2.10. The summed E-state index contributed by atoms with van der Waals surface area (Å²) in [5.74, 6) is -0.194. The minimum absolute atomic E-state index is 0.0222. The molecule has 0 bridgehead atoms. The summed E-state index contributed by atoms with van der Waals surface area (Å²) in [5.41, 5.74) is 1.34. The first-order chi connectivity index (χ1) is 6.59. The Morgan fingerprint density at radius 3 is 2.86 bits per heavy atom. The SMILES string of the molecule is CC(=O)OC(C)CCc1sccc1C. The number of carbonyl (C=O) groups excluding carboxylic acids is 1. The van der Waals surface area contributed by atoms with Gasteiger partial charge in [-0.2, -0.15) is 0 Å². The van der Waals surface area contributed by atoms with Gasteiger partial charge in [-0.05, 0) is 43.7 Å². The fourth-order valence-corrected chi connectivity index (χ4v) is 2.26. The minimum atomic E-state index is -0.194. The van der Waals surface area contributed by atoms with Crippen LogP contribution < -0.4 is 0 Å². The number of hydrogen-bond acceptors (Lipinski definition) is 3. The van der Waals surface area contributed by atoms with Crippen LogP contribution in [0.25, 0.3) is 0 Å². The minimum Gasteiger partial charge on any atom is -0.463 e. The first-order valence-electron chi connectivity index (χ1n) is 4.79. The first-order valence-corrected chi connectivity index (χ1v) is 5.67. The molecule has 78 valence electrons. The van der Waals surface area contributed by atoms with Crippen LogP contribution in [-0.4, -0.2) is 12.1 Å². The van der Waals surface area contributed by atoms with Crippen LogP contribution in [-0.2, 0) is 16.0 Å². The first kappa shape index (κ1) is 11.2. The second kappa shape index (κ2) is 5.15. The van der Waals surface area contributed by atoms with Crippen molar-refractivity contribution in [3.05, 3.63) is 21.9 Å². The van der Waals surface area contributed by atoms with E-state index < -0.39 is 0 Å². The summed E-state index contributed by atoms with van der Waals surface area (Å²) < 4.78 is 5.05. The zero-order valence-corrected chi connectivity index (χ0v) is 9.69. The molecule has 2 nitrogen and oxygen atoms in total. The Hall–Kier alpha value is -0.830. The van der Waals surface area contributed by atoms with Gasteiger partial charge in [-0.25, -0.2) is 0 Å². The van der Waals surface area contributed by atoms with E-state index in [9.17, 15) is 4.79 Å². The van der Waals surface area contributed by atoms with Gasteiger partial charge in [-0.3, -0.25) is 4.79 Å². The highest BCUT2D eigenvalue weighted by Gasteiger charge is 2.07. The Morgan fingerprint density at radius 2 is 2.36 bits per heavy atom. The fraction of sp³-hybridized carbons (Fsp3) is 0.545. The second-order valence-electron chi connectivity index (χ2n) is 3.49. The highest BCUT2D eigenvalue weighted by atomic mass is 32.1. The molecule has 14 heavy (non-hydrogen) atoms. The summed E-state index contributed by atoms with van der Waals surface area (Å²) in [4.78, 5) is 12.1. The van der Waals surface area contributed by atoms with Crippen molar-refractivity contribution in [1.29, 1.82) is 0 Å². The van der Waals surface area contributed by atoms with Crippen molar-refractivity contribution in [3.8, 4) is 0 Å². The molecule has 1 unspecified atom stereocenters. The van der Waals surface area contributed by atoms with Gasteiger partial charge >= 0.3 is 5.97 Å². The highest BCUT2D eigenvalue weighted by Crippen LogP contribution is 2.18. The quantitative estimate of drug-likeness (QED) is 0.717. The van der Waals surface area contributed by atoms with Crippen LogP contribution in [0.1, 0.15) is 30.7 Å². The van der Waals surface area contributed by atoms with Gasteiger partial charge in [-0.15, -0.1) is 11.3 Å². The topological polar surface area (TPSA) is 26.3 Å². The van der Waals surface area contributed by atoms with Crippen molar-refractivity contribution in [2.75, 3.05) is 0 Å². The largest absolute Gasteiger partial charge is 0.463 e. The molecule has 0 aliphatic rings. The molecule has 0 saturated carbocycles. The Kier molecular flexibility index (Phi) is 4.14. The summed E-state index contributed by atoms with van der Waals surface area (Å²) in [6.07, 6.45) is 1.92. The zero-order chi connectivity index (χ0) is 10.6. The molecule has 1 rings (SSSR count). The maximum atomic E-state index is 10.7. The average molecular weight is 212 g/mol. The van der Waals surface area contributed by atoms with Crippen molar-refractivity contribution in [1.82, 2.24) is 0 Å². The Morgan fingerprint density at radius 1 is 1.64 bits per heavy atom. The molecule has 0 aromatic carbocycles. The van der Waals surface area contributed by atoms with Crippen molar-refractivity contribution < 1.29 is 9.53 Å². The van der Waals surface area contributed by atoms with Gasteiger partial charge in [0.15, 0.2) is 0 Å². The van der Waals surface area contributed by atoms with Crippen LogP contribution in [0.4, 0.5) is 0 Å². The van der Waals surface area contributed by atoms with Gasteiger partial charge < -0.3 is 4.74 Å². The normalized spacial score (nSPS) is 12.5. The van der Waals surface area contributed by atoms with Crippen molar-refractivity contribution in [3.63, 3.8) is 0 Å². The van der Waals surface area contributed by atoms with Gasteiger partial charge in [0.25, 0.3) is 0 Å². The summed E-state index contributed by atoms with van der Waals surface area (Å²) in [6.45, 7) is 5.50. The van der Waals surface area contributed by atoms with E-state index in [1.807, 2.05) is 6.92 Å². The summed E-state index contributed by atoms with van der Waals surface area (Å²) in [6, 6.07) is 2.12. The van der Waals surface area contributed by atoms with Gasteiger partial charge in [-0.1, -0.05) is 0 Å². The zero-order valence-electron chi connectivity index (χ0n) is 8.87. The molecule has 1 aromatic rings. The summed E-state index contributed by atoms with van der Waals surface area (Å²) in [7, 11) is 0. The molecule has 1 atom stereocenters. The smallest absolute Gasteiger partial charge is 0.302 e. The molecule has 0 saturated heterocycles. The van der Waals surface area contributed by atoms with Gasteiger partial charge in [0.05, 0.1) is 6.10 Å². The number of esters is 1. The van der Waals surface area contributed by atoms with E-state index in [1.54, 1.807) is 11.3 Å². The van der Waals surface area contributed by atoms with E-state index in [0.717, 1.165) is 12.8 Å². The Bertz CT molecular complexity index is 304. The number of rotatable bonds is 4. The molecule has 0 fully saturated rings. The molecule has 0 amide bonds. The molecule has 0 aliphatic carbocycles. The maximum Gasteiger partial charge on any atom is 0.302 e. The third-order valence-electron chi connectivity index (χ3n) is 2.11. The lowest BCUT2D eigenvalue weighted by Crippen LogP contribution is -2.12. The van der Waals surface area contributed by atoms with Crippen molar-refractivity contribution in [2.45, 2.75) is 39.7 Å². The maximum absolute atomic E-state index is 10.7. The van der Waals surface area contributed by atoms with Gasteiger partial charge in [0, 0.05) is 11.8 Å². The van der Waals surface area contributed by atoms with E-state index in [0.29, 0.717) is 0 Å². The summed E-state index contributed by atoms with van der Waals surface area (Å²) >= 11 is 1.77. The molecule has 0 radical (unpaired) electrons. The van der Waals surface area contributed by atoms with E-state index in [1.165, 1.54) is 17.4 Å². The van der Waals surface area contributed by atoms with E-state index >= 15 is 0 Å². The predicted octanol–water partition coefficient (Wildman–Crippen LogP) is 2.94. The third kappa shape index (κ3) is 3.50. The molecule has 0 aliphatic heterocycles. The lowest BCUT2D eigenvalue weighted by molar-refractivity contribution is -0.145. The monoisotopic (exact) mass is 212 g/mol. The number of ether oxygens (including phenoxy) is 1. The molecule has 1 heterocycles. The molecule has 0 N–H and O–H groups in total. The fourth-order valence-electron chi connectivity index (χ4n) is 1.34. The van der Waals surface area contributed by atoms with Crippen molar-refractivity contribution in [2.24, 2.45) is 0 Å². The summed E-state index contributed by atoms with van der Waals surface area (Å²) in [5, 5.41) is 2.10. The van der Waals surface area contributed by atoms with E-state index in [4.69, 9.17) is 4.74 Å². The molecular weight excluding hydrogens is 196 g/mol. The van der Waals surface area contributed by atoms with Crippen LogP contribution in [0, 0.1) is 6.92 Å². The Labute approximate surface area is 88.9 Å². The molecule has 0 spiro atoms. The number of hydrogen-bond donors (Lipinski definition) is 0. The number of thiophene rings is 1. The van der Waals surface area contributed by atoms with E-state index in [2.05, 4.69) is 18.4 Å². The van der Waals surface area contributed by atoms with E-state index in [-0.39, 0.29) is 12.1 Å². The van der Waals surface area contributed by atoms with Crippen LogP contribution in [0.15, 0.2) is 11.4 Å². The van der Waals surface area contributed by atoms with Gasteiger partial charge in [0.1, 0.15) is 0 Å². The standard InChI is InChI=1S/C11H16O2S/c1-8-6-7-14-11(8)5-4-9(2)13-10(3)12/h6-7,9H,4-5H2,1-3H3. The Balaban J connectivity index is 2.34. The van der Waals surface area contributed by atoms with Crippen LogP contribution >= 0.6 is 11.3 Å². The highest BCUT2D eigenvalue weighted by molar-refractivity contribution is 7.10. The molecular formula is C11H16O2S. The van der Waals surface area contributed by atoms with Crippen LogP contribution in [0.3, 0.4) is 0 Å². The molecule has 3 heteroatoms. The van der Waals surface area contributed by atoms with Crippen molar-refractivity contribution >= 4 is 17.3 Å². The van der Waals surface area contributed by atoms with Crippen LogP contribution in [0.2, 0.25) is 0 Å². The van der Waals surface area contributed by atoms with Crippen LogP contribution in [0.5, 0.6) is 0 Å². The third-order valence-corrected chi connectivity index (χ3v) is 3.20. The predicted molar refractivity (Wildman–Crippen MR) is 58.6 cm³/mol. The lowest BCUT2D eigenvalue weighted by atomic mass is 10.1. The number of aryl methyl sites for hydroxylation is 2.